The number of alkyl halides is 3. The monoisotopic (exact) mass is 540 g/mol. The Morgan fingerprint density at radius 1 is 1.02 bits per heavy atom. The minimum atomic E-state index is -4.69. The Morgan fingerprint density at radius 3 is 2.65 bits per heavy atom. The van der Waals surface area contributed by atoms with E-state index >= 15 is 0 Å². The number of fused-ring (bicyclic) bond motifs is 3. The highest BCUT2D eigenvalue weighted by atomic mass is 19.4. The van der Waals surface area contributed by atoms with Crippen LogP contribution in [0.4, 0.5) is 18.9 Å². The van der Waals surface area contributed by atoms with Gasteiger partial charge in [0, 0.05) is 45.6 Å². The molecule has 198 valence electrons. The molecule has 40 heavy (non-hydrogen) atoms. The Balaban J connectivity index is 1.34. The average Bonchev–Trinajstić information content (AvgIpc) is 3.58. The van der Waals surface area contributed by atoms with Crippen LogP contribution in [0.15, 0.2) is 79.6 Å². The number of benzene rings is 3. The van der Waals surface area contributed by atoms with E-state index < -0.39 is 17.6 Å². The summed E-state index contributed by atoms with van der Waals surface area (Å²) in [4.78, 5) is 39.6. The molecule has 0 saturated carbocycles. The van der Waals surface area contributed by atoms with Gasteiger partial charge >= 0.3 is 6.18 Å². The largest absolute Gasteiger partial charge is 0.416 e. The van der Waals surface area contributed by atoms with Gasteiger partial charge < -0.3 is 14.9 Å². The van der Waals surface area contributed by atoms with E-state index in [1.807, 2.05) is 31.2 Å². The standard InChI is InChI=1S/C29H19F3N6O2/c1-16-2-4-20(10-24(16)17-3-5-23-25-11-33-14-34-27(25)37-26(23)8-17)36-28(40)18-6-19(29(30,31)32)9-22(7-18)38-12-21(13-39)35-15-38/h2-15H,1H3,(H,36,40)(H,33,34,37). The summed E-state index contributed by atoms with van der Waals surface area (Å²) in [7, 11) is 0. The number of imidazole rings is 1. The lowest BCUT2D eigenvalue weighted by Crippen LogP contribution is -2.15. The minimum Gasteiger partial charge on any atom is -0.339 e. The number of rotatable bonds is 5. The number of carbonyl (C=O) groups excluding carboxylic acids is 2. The molecular weight excluding hydrogens is 521 g/mol. The van der Waals surface area contributed by atoms with E-state index in [2.05, 4.69) is 25.3 Å². The van der Waals surface area contributed by atoms with Crippen LogP contribution in [-0.4, -0.2) is 36.7 Å². The van der Waals surface area contributed by atoms with Crippen molar-refractivity contribution in [3.8, 4) is 16.8 Å². The smallest absolute Gasteiger partial charge is 0.339 e. The summed E-state index contributed by atoms with van der Waals surface area (Å²) in [5.74, 6) is -0.720. The number of hydrogen-bond acceptors (Lipinski definition) is 5. The summed E-state index contributed by atoms with van der Waals surface area (Å²) in [6.45, 7) is 1.93. The van der Waals surface area contributed by atoms with Crippen molar-refractivity contribution in [3.63, 3.8) is 0 Å². The second-order valence-corrected chi connectivity index (χ2v) is 9.24. The minimum absolute atomic E-state index is 0.0431. The Morgan fingerprint density at radius 2 is 1.88 bits per heavy atom. The Labute approximate surface area is 224 Å². The number of nitrogens with zero attached hydrogens (tertiary/aromatic N) is 4. The lowest BCUT2D eigenvalue weighted by atomic mass is 9.98. The van der Waals surface area contributed by atoms with E-state index in [4.69, 9.17) is 0 Å². The predicted octanol–water partition coefficient (Wildman–Crippen LogP) is 6.36. The SMILES string of the molecule is Cc1ccc(NC(=O)c2cc(-n3cnc(C=O)c3)cc(C(F)(F)F)c2)cc1-c1ccc2c(c1)[nH]c1ncncc12. The van der Waals surface area contributed by atoms with Crippen LogP contribution >= 0.6 is 0 Å². The van der Waals surface area contributed by atoms with Crippen molar-refractivity contribution >= 4 is 39.8 Å². The molecule has 0 aliphatic rings. The zero-order valence-corrected chi connectivity index (χ0v) is 20.8. The van der Waals surface area contributed by atoms with E-state index in [1.54, 1.807) is 18.3 Å². The predicted molar refractivity (Wildman–Crippen MR) is 143 cm³/mol. The fourth-order valence-corrected chi connectivity index (χ4v) is 4.61. The number of aryl methyl sites for hydroxylation is 1. The lowest BCUT2D eigenvalue weighted by molar-refractivity contribution is -0.137. The number of halogens is 3. The number of aromatic nitrogens is 5. The molecule has 2 N–H and O–H groups in total. The Bertz CT molecular complexity index is 1940. The van der Waals surface area contributed by atoms with Gasteiger partial charge in [-0.25, -0.2) is 15.0 Å². The van der Waals surface area contributed by atoms with E-state index in [1.165, 1.54) is 29.5 Å². The van der Waals surface area contributed by atoms with Crippen LogP contribution in [0.1, 0.15) is 32.0 Å². The van der Waals surface area contributed by atoms with Gasteiger partial charge in [0.05, 0.1) is 5.56 Å². The molecule has 0 unspecified atom stereocenters. The number of H-pyrrole nitrogens is 1. The van der Waals surface area contributed by atoms with Crippen molar-refractivity contribution in [2.24, 2.45) is 0 Å². The third-order valence-corrected chi connectivity index (χ3v) is 6.61. The van der Waals surface area contributed by atoms with Gasteiger partial charge in [-0.15, -0.1) is 0 Å². The summed E-state index contributed by atoms with van der Waals surface area (Å²) in [5.41, 5.74) is 3.57. The van der Waals surface area contributed by atoms with Crippen molar-refractivity contribution in [3.05, 3.63) is 102 Å². The molecule has 3 aromatic heterocycles. The molecule has 8 nitrogen and oxygen atoms in total. The zero-order chi connectivity index (χ0) is 28.0. The highest BCUT2D eigenvalue weighted by molar-refractivity contribution is 6.07. The Kier molecular flexibility index (Phi) is 5.91. The molecule has 0 fully saturated rings. The molecule has 3 aromatic carbocycles. The number of amides is 1. The van der Waals surface area contributed by atoms with Crippen LogP contribution < -0.4 is 5.32 Å². The second kappa shape index (κ2) is 9.45. The van der Waals surface area contributed by atoms with Gasteiger partial charge in [0.2, 0.25) is 0 Å². The third-order valence-electron chi connectivity index (χ3n) is 6.61. The maximum atomic E-state index is 13.7. The van der Waals surface area contributed by atoms with Crippen LogP contribution in [-0.2, 0) is 6.18 Å². The fraction of sp³-hybridized carbons (Fsp3) is 0.0690. The Hall–Kier alpha value is -5.32. The first-order valence-electron chi connectivity index (χ1n) is 12.1. The van der Waals surface area contributed by atoms with E-state index in [-0.39, 0.29) is 16.9 Å². The first kappa shape index (κ1) is 25.0. The molecule has 0 saturated heterocycles. The maximum absolute atomic E-state index is 13.7. The summed E-state index contributed by atoms with van der Waals surface area (Å²) >= 11 is 0. The van der Waals surface area contributed by atoms with Crippen LogP contribution in [0.2, 0.25) is 0 Å². The van der Waals surface area contributed by atoms with Crippen molar-refractivity contribution in [2.45, 2.75) is 13.1 Å². The number of nitrogens with one attached hydrogen (secondary N) is 2. The molecule has 1 amide bonds. The lowest BCUT2D eigenvalue weighted by Gasteiger charge is -2.14. The summed E-state index contributed by atoms with van der Waals surface area (Å²) in [6.07, 6.45) is 1.51. The molecular formula is C29H19F3N6O2. The highest BCUT2D eigenvalue weighted by Gasteiger charge is 2.32. The van der Waals surface area contributed by atoms with Crippen molar-refractivity contribution in [1.29, 1.82) is 0 Å². The maximum Gasteiger partial charge on any atom is 0.416 e. The van der Waals surface area contributed by atoms with Gasteiger partial charge in [0.1, 0.15) is 24.0 Å². The van der Waals surface area contributed by atoms with Gasteiger partial charge in [0.15, 0.2) is 6.29 Å². The quantitative estimate of drug-likeness (QED) is 0.248. The molecule has 11 heteroatoms. The fourth-order valence-electron chi connectivity index (χ4n) is 4.61. The normalized spacial score (nSPS) is 11.7. The third kappa shape index (κ3) is 4.57. The van der Waals surface area contributed by atoms with Crippen molar-refractivity contribution in [1.82, 2.24) is 24.5 Å². The number of anilines is 1. The van der Waals surface area contributed by atoms with Crippen molar-refractivity contribution < 1.29 is 22.8 Å². The molecule has 6 rings (SSSR count). The average molecular weight is 541 g/mol. The van der Waals surface area contributed by atoms with Crippen LogP contribution in [0.25, 0.3) is 38.8 Å². The van der Waals surface area contributed by atoms with Gasteiger partial charge in [-0.2, -0.15) is 13.2 Å². The molecule has 3 heterocycles. The molecule has 0 atom stereocenters. The van der Waals surface area contributed by atoms with Crippen LogP contribution in [0, 0.1) is 6.92 Å². The number of hydrogen-bond donors (Lipinski definition) is 2. The van der Waals surface area contributed by atoms with Gasteiger partial charge in [-0.3, -0.25) is 9.59 Å². The van der Waals surface area contributed by atoms with Gasteiger partial charge in [-0.1, -0.05) is 18.2 Å². The zero-order valence-electron chi connectivity index (χ0n) is 20.8. The first-order valence-corrected chi connectivity index (χ1v) is 12.1. The molecule has 0 aliphatic carbocycles. The van der Waals surface area contributed by atoms with Crippen LogP contribution in [0.3, 0.4) is 0 Å². The molecule has 6 aromatic rings. The number of aromatic amines is 1. The molecule has 0 aliphatic heterocycles. The van der Waals surface area contributed by atoms with Gasteiger partial charge in [-0.05, 0) is 60.0 Å². The van der Waals surface area contributed by atoms with Crippen molar-refractivity contribution in [2.75, 3.05) is 5.32 Å². The molecule has 0 radical (unpaired) electrons. The second-order valence-electron chi connectivity index (χ2n) is 9.24. The topological polar surface area (TPSA) is 106 Å². The summed E-state index contributed by atoms with van der Waals surface area (Å²) < 4.78 is 42.3. The summed E-state index contributed by atoms with van der Waals surface area (Å²) in [5, 5.41) is 4.59. The number of aldehydes is 1. The highest BCUT2D eigenvalue weighted by Crippen LogP contribution is 2.33. The van der Waals surface area contributed by atoms with Crippen LogP contribution in [0.5, 0.6) is 0 Å². The van der Waals surface area contributed by atoms with E-state index in [9.17, 15) is 22.8 Å². The number of carbonyl (C=O) groups is 2. The summed E-state index contributed by atoms with van der Waals surface area (Å²) in [6, 6.07) is 14.2. The van der Waals surface area contributed by atoms with Gasteiger partial charge in [0.25, 0.3) is 5.91 Å². The molecule has 0 bridgehead atoms. The first-order chi connectivity index (χ1) is 19.2. The molecule has 0 spiro atoms. The van der Waals surface area contributed by atoms with E-state index in [0.717, 1.165) is 50.8 Å². The van der Waals surface area contributed by atoms with E-state index in [0.29, 0.717) is 12.0 Å².